The first-order valence-electron chi connectivity index (χ1n) is 12.4. The number of ether oxygens (including phenoxy) is 1. The predicted molar refractivity (Wildman–Crippen MR) is 136 cm³/mol. The van der Waals surface area contributed by atoms with Crippen LogP contribution in [0.4, 0.5) is 14.9 Å². The number of aromatic nitrogens is 3. The van der Waals surface area contributed by atoms with Crippen molar-refractivity contribution in [1.29, 1.82) is 0 Å². The maximum Gasteiger partial charge on any atom is 0.342 e. The zero-order chi connectivity index (χ0) is 25.8. The van der Waals surface area contributed by atoms with Crippen molar-refractivity contribution >= 4 is 17.6 Å². The van der Waals surface area contributed by atoms with Gasteiger partial charge in [0.2, 0.25) is 11.9 Å². The molecule has 2 aromatic heterocycles. The molecular weight excluding hydrogens is 473 g/mol. The molecule has 37 heavy (non-hydrogen) atoms. The van der Waals surface area contributed by atoms with Gasteiger partial charge in [0.15, 0.2) is 0 Å². The molecule has 190 valence electrons. The number of hydrogen-bond acceptors (Lipinski definition) is 5. The first-order valence-corrected chi connectivity index (χ1v) is 12.4. The van der Waals surface area contributed by atoms with Crippen LogP contribution in [0.5, 0.6) is 0 Å². The summed E-state index contributed by atoms with van der Waals surface area (Å²) in [5.74, 6) is 6.17. The van der Waals surface area contributed by atoms with Crippen molar-refractivity contribution in [1.82, 2.24) is 20.1 Å². The van der Waals surface area contributed by atoms with E-state index in [2.05, 4.69) is 27.2 Å². The lowest BCUT2D eigenvalue weighted by Gasteiger charge is -2.22. The minimum atomic E-state index is -0.704. The number of pyridine rings is 1. The smallest absolute Gasteiger partial charge is 0.342 e. The minimum Gasteiger partial charge on any atom is -0.381 e. The van der Waals surface area contributed by atoms with E-state index >= 15 is 0 Å². The van der Waals surface area contributed by atoms with Gasteiger partial charge in [-0.1, -0.05) is 24.0 Å². The molecule has 1 atom stereocenters. The Balaban J connectivity index is 1.25. The van der Waals surface area contributed by atoms with Gasteiger partial charge in [0.05, 0.1) is 6.20 Å². The van der Waals surface area contributed by atoms with Crippen molar-refractivity contribution in [3.05, 3.63) is 77.1 Å². The largest absolute Gasteiger partial charge is 0.381 e. The van der Waals surface area contributed by atoms with Crippen LogP contribution in [0, 0.1) is 23.7 Å². The summed E-state index contributed by atoms with van der Waals surface area (Å²) >= 11 is 0. The van der Waals surface area contributed by atoms with Crippen LogP contribution in [0.1, 0.15) is 41.5 Å². The number of aryl methyl sites for hydroxylation is 1. The van der Waals surface area contributed by atoms with E-state index in [9.17, 15) is 14.0 Å². The highest BCUT2D eigenvalue weighted by Gasteiger charge is 2.30. The van der Waals surface area contributed by atoms with Crippen LogP contribution in [0.15, 0.2) is 48.9 Å². The number of halogens is 1. The summed E-state index contributed by atoms with van der Waals surface area (Å²) in [5.41, 5.74) is 3.77. The van der Waals surface area contributed by atoms with Crippen LogP contribution in [0.2, 0.25) is 0 Å². The molecule has 0 unspecified atom stereocenters. The molecule has 9 heteroatoms. The number of carbonyl (C=O) groups excluding carboxylic acids is 2. The summed E-state index contributed by atoms with van der Waals surface area (Å²) in [6.07, 6.45) is 7.66. The Kier molecular flexibility index (Phi) is 7.28. The van der Waals surface area contributed by atoms with E-state index in [-0.39, 0.29) is 12.3 Å². The normalized spacial score (nSPS) is 17.9. The van der Waals surface area contributed by atoms with E-state index in [1.165, 1.54) is 18.6 Å². The molecule has 8 nitrogen and oxygen atoms in total. The number of amides is 2. The average Bonchev–Trinajstić information content (AvgIpc) is 3.36. The van der Waals surface area contributed by atoms with E-state index in [1.807, 2.05) is 18.2 Å². The Bertz CT molecular complexity index is 1370. The minimum absolute atomic E-state index is 0.202. The van der Waals surface area contributed by atoms with E-state index in [4.69, 9.17) is 4.74 Å². The molecule has 2 aliphatic heterocycles. The lowest BCUT2D eigenvalue weighted by Crippen LogP contribution is -2.48. The van der Waals surface area contributed by atoms with Crippen LogP contribution >= 0.6 is 0 Å². The summed E-state index contributed by atoms with van der Waals surface area (Å²) < 4.78 is 20.4. The maximum atomic E-state index is 13.9. The second kappa shape index (κ2) is 10.9. The maximum absolute atomic E-state index is 13.9. The zero-order valence-electron chi connectivity index (χ0n) is 20.6. The van der Waals surface area contributed by atoms with Gasteiger partial charge in [-0.2, -0.15) is 14.2 Å². The van der Waals surface area contributed by atoms with Crippen molar-refractivity contribution in [2.24, 2.45) is 5.92 Å². The highest BCUT2D eigenvalue weighted by molar-refractivity contribution is 6.00. The van der Waals surface area contributed by atoms with Crippen molar-refractivity contribution in [3.63, 3.8) is 0 Å². The molecule has 5 rings (SSSR count). The van der Waals surface area contributed by atoms with Gasteiger partial charge in [-0.3, -0.25) is 4.79 Å². The van der Waals surface area contributed by atoms with Gasteiger partial charge < -0.3 is 15.0 Å². The lowest BCUT2D eigenvalue weighted by atomic mass is 10.00. The van der Waals surface area contributed by atoms with Crippen LogP contribution in [-0.2, 0) is 22.4 Å². The fourth-order valence-electron chi connectivity index (χ4n) is 4.65. The molecule has 0 spiro atoms. The van der Waals surface area contributed by atoms with E-state index in [0.29, 0.717) is 29.9 Å². The van der Waals surface area contributed by atoms with Gasteiger partial charge in [0.1, 0.15) is 6.04 Å². The second-order valence-corrected chi connectivity index (χ2v) is 9.36. The number of nitrogens with zero attached hydrogens (tertiary/aromatic N) is 4. The molecule has 1 fully saturated rings. The number of fused-ring (bicyclic) bond motifs is 1. The van der Waals surface area contributed by atoms with E-state index < -0.39 is 18.0 Å². The number of anilines is 1. The van der Waals surface area contributed by atoms with Gasteiger partial charge in [0.25, 0.3) is 0 Å². The van der Waals surface area contributed by atoms with Gasteiger partial charge in [-0.25, -0.2) is 9.78 Å². The number of rotatable bonds is 3. The van der Waals surface area contributed by atoms with Gasteiger partial charge in [-0.15, -0.1) is 0 Å². The highest BCUT2D eigenvalue weighted by Crippen LogP contribution is 2.27. The third-order valence-corrected chi connectivity index (χ3v) is 6.79. The van der Waals surface area contributed by atoms with Gasteiger partial charge >= 0.3 is 6.03 Å². The van der Waals surface area contributed by atoms with Crippen molar-refractivity contribution in [2.75, 3.05) is 25.2 Å². The Morgan fingerprint density at radius 3 is 2.89 bits per heavy atom. The standard InChI is InChI=1S/C28H28FN5O3/c1-33-25-16-20(5-4-19-10-13-37-14-11-19)6-7-22(25)8-9-24(27(33)35)32-28(36)34-18-21(17-31-34)15-23-3-2-12-30-26(23)29/h2-3,6-7,12,16-19,24H,8-11,13-15H2,1H3,(H,32,36)/t24-/m1/s1. The monoisotopic (exact) mass is 501 g/mol. The van der Waals surface area contributed by atoms with E-state index in [0.717, 1.165) is 47.6 Å². The van der Waals surface area contributed by atoms with Crippen LogP contribution in [0.3, 0.4) is 0 Å². The van der Waals surface area contributed by atoms with Gasteiger partial charge in [-0.05, 0) is 55.0 Å². The topological polar surface area (TPSA) is 89.4 Å². The molecule has 3 aromatic rings. The number of carbonyl (C=O) groups is 2. The zero-order valence-corrected chi connectivity index (χ0v) is 20.6. The molecule has 0 aliphatic carbocycles. The molecule has 4 heterocycles. The van der Waals surface area contributed by atoms with E-state index in [1.54, 1.807) is 24.1 Å². The molecule has 0 saturated carbocycles. The summed E-state index contributed by atoms with van der Waals surface area (Å²) in [6, 6.07) is 8.01. The molecule has 1 N–H and O–H groups in total. The molecule has 2 amide bonds. The third-order valence-electron chi connectivity index (χ3n) is 6.79. The average molecular weight is 502 g/mol. The summed E-state index contributed by atoms with van der Waals surface area (Å²) in [5, 5.41) is 6.90. The lowest BCUT2D eigenvalue weighted by molar-refractivity contribution is -0.120. The first kappa shape index (κ1) is 24.7. The molecule has 2 aliphatic rings. The predicted octanol–water partition coefficient (Wildman–Crippen LogP) is 3.32. The Morgan fingerprint density at radius 1 is 1.24 bits per heavy atom. The number of benzene rings is 1. The van der Waals surface area contributed by atoms with Crippen LogP contribution < -0.4 is 10.2 Å². The number of nitrogens with one attached hydrogen (secondary N) is 1. The molecule has 0 bridgehead atoms. The van der Waals surface area contributed by atoms with Crippen molar-refractivity contribution in [3.8, 4) is 11.8 Å². The summed E-state index contributed by atoms with van der Waals surface area (Å²) in [4.78, 5) is 31.4. The Hall–Kier alpha value is -4.03. The molecule has 0 radical (unpaired) electrons. The number of hydrogen-bond donors (Lipinski definition) is 1. The third kappa shape index (κ3) is 5.70. The van der Waals surface area contributed by atoms with Crippen molar-refractivity contribution in [2.45, 2.75) is 38.1 Å². The molecule has 1 aromatic carbocycles. The quantitative estimate of drug-likeness (QED) is 0.439. The first-order chi connectivity index (χ1) is 18.0. The fourth-order valence-corrected chi connectivity index (χ4v) is 4.65. The molecule has 1 saturated heterocycles. The Labute approximate surface area is 214 Å². The Morgan fingerprint density at radius 2 is 2.08 bits per heavy atom. The SMILES string of the molecule is CN1C(=O)[C@H](NC(=O)n2cc(Cc3cccnc3F)cn2)CCc2ccc(C#CC3CCOCC3)cc21. The number of likely N-dealkylation sites (N-methyl/N-ethyl adjacent to an activating group) is 1. The highest BCUT2D eigenvalue weighted by atomic mass is 19.1. The van der Waals surface area contributed by atoms with Crippen molar-refractivity contribution < 1.29 is 18.7 Å². The fraction of sp³-hybridized carbons (Fsp3) is 0.357. The summed E-state index contributed by atoms with van der Waals surface area (Å²) in [7, 11) is 1.72. The van der Waals surface area contributed by atoms with Crippen LogP contribution in [0.25, 0.3) is 0 Å². The van der Waals surface area contributed by atoms with Crippen LogP contribution in [-0.4, -0.2) is 53.0 Å². The second-order valence-electron chi connectivity index (χ2n) is 9.36. The van der Waals surface area contributed by atoms with Gasteiger partial charge in [0, 0.05) is 61.8 Å². The summed E-state index contributed by atoms with van der Waals surface area (Å²) in [6.45, 7) is 1.49. The molecular formula is C28H28FN5O3.